The third kappa shape index (κ3) is 3.04. The van der Waals surface area contributed by atoms with Crippen LogP contribution in [0.25, 0.3) is 0 Å². The summed E-state index contributed by atoms with van der Waals surface area (Å²) >= 11 is 0. The lowest BCUT2D eigenvalue weighted by molar-refractivity contribution is -0.128. The molecule has 1 aliphatic rings. The van der Waals surface area contributed by atoms with Crippen LogP contribution in [0.3, 0.4) is 0 Å². The summed E-state index contributed by atoms with van der Waals surface area (Å²) in [5.41, 5.74) is 2.27. The highest BCUT2D eigenvalue weighted by Crippen LogP contribution is 2.37. The Balaban J connectivity index is 2.05. The van der Waals surface area contributed by atoms with Gasteiger partial charge in [-0.05, 0) is 36.6 Å². The van der Waals surface area contributed by atoms with Gasteiger partial charge >= 0.3 is 0 Å². The second-order valence-corrected chi connectivity index (χ2v) is 6.43. The van der Waals surface area contributed by atoms with E-state index in [-0.39, 0.29) is 17.6 Å². The summed E-state index contributed by atoms with van der Waals surface area (Å²) in [6.45, 7) is 5.92. The molecule has 24 heavy (non-hydrogen) atoms. The molecule has 4 heteroatoms. The van der Waals surface area contributed by atoms with Crippen LogP contribution in [0.2, 0.25) is 0 Å². The van der Waals surface area contributed by atoms with Crippen LogP contribution in [0.1, 0.15) is 36.7 Å². The van der Waals surface area contributed by atoms with Crippen molar-refractivity contribution in [2.75, 3.05) is 4.90 Å². The number of ketones is 1. The lowest BCUT2D eigenvalue weighted by Gasteiger charge is -2.36. The molecule has 0 spiro atoms. The molecule has 0 aliphatic carbocycles. The molecule has 0 fully saturated rings. The predicted molar refractivity (Wildman–Crippen MR) is 93.3 cm³/mol. The zero-order valence-corrected chi connectivity index (χ0v) is 14.2. The van der Waals surface area contributed by atoms with E-state index in [1.54, 1.807) is 23.1 Å². The summed E-state index contributed by atoms with van der Waals surface area (Å²) in [7, 11) is 0. The number of nitrogens with zero attached hydrogens (tertiary/aromatic N) is 1. The van der Waals surface area contributed by atoms with Crippen LogP contribution >= 0.6 is 0 Å². The van der Waals surface area contributed by atoms with Crippen molar-refractivity contribution >= 4 is 17.4 Å². The summed E-state index contributed by atoms with van der Waals surface area (Å²) < 4.78 is 5.91. The standard InChI is InChI=1S/C20H21NO3/c1-13(2)19-20(23)21(12-15-7-5-4-6-8-15)17-11-16(14(3)22)9-10-18(17)24-19/h4-11,13,19H,12H2,1-3H3. The minimum atomic E-state index is -0.510. The predicted octanol–water partition coefficient (Wildman–Crippen LogP) is 3.84. The zero-order valence-electron chi connectivity index (χ0n) is 14.2. The van der Waals surface area contributed by atoms with Gasteiger partial charge in [-0.2, -0.15) is 0 Å². The van der Waals surface area contributed by atoms with Gasteiger partial charge in [0.2, 0.25) is 0 Å². The summed E-state index contributed by atoms with van der Waals surface area (Å²) in [5, 5.41) is 0. The Morgan fingerprint density at radius 3 is 2.50 bits per heavy atom. The van der Waals surface area contributed by atoms with Gasteiger partial charge in [-0.3, -0.25) is 9.59 Å². The maximum Gasteiger partial charge on any atom is 0.268 e. The first-order valence-corrected chi connectivity index (χ1v) is 8.14. The molecule has 2 aromatic carbocycles. The molecule has 4 nitrogen and oxygen atoms in total. The highest BCUT2D eigenvalue weighted by Gasteiger charge is 2.36. The minimum absolute atomic E-state index is 0.0316. The van der Waals surface area contributed by atoms with Gasteiger partial charge in [0.25, 0.3) is 5.91 Å². The highest BCUT2D eigenvalue weighted by atomic mass is 16.5. The quantitative estimate of drug-likeness (QED) is 0.803. The van der Waals surface area contributed by atoms with Gasteiger partial charge in [0.1, 0.15) is 5.75 Å². The van der Waals surface area contributed by atoms with Gasteiger partial charge in [-0.25, -0.2) is 0 Å². The molecule has 1 atom stereocenters. The highest BCUT2D eigenvalue weighted by molar-refractivity contribution is 6.02. The maximum atomic E-state index is 12.9. The SMILES string of the molecule is CC(=O)c1ccc2c(c1)N(Cc1ccccc1)C(=O)C(C(C)C)O2. The van der Waals surface area contributed by atoms with E-state index in [1.807, 2.05) is 44.2 Å². The fourth-order valence-corrected chi connectivity index (χ4v) is 2.86. The number of Topliss-reactive ketones (excluding diaryl/α,β-unsaturated/α-hetero) is 1. The van der Waals surface area contributed by atoms with Gasteiger partial charge in [0, 0.05) is 5.56 Å². The Hall–Kier alpha value is -2.62. The van der Waals surface area contributed by atoms with Crippen molar-refractivity contribution in [1.29, 1.82) is 0 Å². The van der Waals surface area contributed by atoms with Crippen molar-refractivity contribution in [3.05, 3.63) is 59.7 Å². The number of carbonyl (C=O) groups excluding carboxylic acids is 2. The smallest absolute Gasteiger partial charge is 0.268 e. The van der Waals surface area contributed by atoms with Crippen molar-refractivity contribution in [3.63, 3.8) is 0 Å². The van der Waals surface area contributed by atoms with E-state index >= 15 is 0 Å². The maximum absolute atomic E-state index is 12.9. The topological polar surface area (TPSA) is 46.6 Å². The molecule has 0 saturated heterocycles. The van der Waals surface area contributed by atoms with E-state index in [0.29, 0.717) is 23.5 Å². The van der Waals surface area contributed by atoms with Crippen molar-refractivity contribution in [2.24, 2.45) is 5.92 Å². The average molecular weight is 323 g/mol. The van der Waals surface area contributed by atoms with E-state index in [0.717, 1.165) is 5.56 Å². The van der Waals surface area contributed by atoms with Crippen LogP contribution in [0, 0.1) is 5.92 Å². The van der Waals surface area contributed by atoms with Crippen LogP contribution in [0.5, 0.6) is 5.75 Å². The Bertz CT molecular complexity index is 768. The largest absolute Gasteiger partial charge is 0.478 e. The van der Waals surface area contributed by atoms with Gasteiger partial charge in [0.15, 0.2) is 11.9 Å². The number of hydrogen-bond acceptors (Lipinski definition) is 3. The Morgan fingerprint density at radius 2 is 1.88 bits per heavy atom. The van der Waals surface area contributed by atoms with Crippen molar-refractivity contribution in [3.8, 4) is 5.75 Å². The monoisotopic (exact) mass is 323 g/mol. The Morgan fingerprint density at radius 1 is 1.17 bits per heavy atom. The summed E-state index contributed by atoms with van der Waals surface area (Å²) in [4.78, 5) is 26.4. The van der Waals surface area contributed by atoms with Crippen LogP contribution < -0.4 is 9.64 Å². The number of amides is 1. The Kier molecular flexibility index (Phi) is 4.38. The minimum Gasteiger partial charge on any atom is -0.478 e. The number of anilines is 1. The van der Waals surface area contributed by atoms with E-state index in [9.17, 15) is 9.59 Å². The second-order valence-electron chi connectivity index (χ2n) is 6.43. The number of carbonyl (C=O) groups is 2. The van der Waals surface area contributed by atoms with Crippen LogP contribution in [0.4, 0.5) is 5.69 Å². The van der Waals surface area contributed by atoms with Crippen LogP contribution in [-0.4, -0.2) is 17.8 Å². The van der Waals surface area contributed by atoms with E-state index < -0.39 is 6.10 Å². The molecular weight excluding hydrogens is 302 g/mol. The van der Waals surface area contributed by atoms with E-state index in [4.69, 9.17) is 4.74 Å². The second kappa shape index (κ2) is 6.48. The molecule has 2 aromatic rings. The number of fused-ring (bicyclic) bond motifs is 1. The molecule has 0 saturated carbocycles. The van der Waals surface area contributed by atoms with Crippen molar-refractivity contribution in [2.45, 2.75) is 33.4 Å². The molecule has 1 unspecified atom stereocenters. The molecule has 1 heterocycles. The van der Waals surface area contributed by atoms with E-state index in [1.165, 1.54) is 6.92 Å². The fourth-order valence-electron chi connectivity index (χ4n) is 2.86. The number of hydrogen-bond donors (Lipinski definition) is 0. The lowest BCUT2D eigenvalue weighted by atomic mass is 10.0. The van der Waals surface area contributed by atoms with Crippen LogP contribution in [0.15, 0.2) is 48.5 Å². The molecule has 124 valence electrons. The van der Waals surface area contributed by atoms with Crippen molar-refractivity contribution < 1.29 is 14.3 Å². The molecule has 1 amide bonds. The number of rotatable bonds is 4. The molecule has 0 N–H and O–H groups in total. The number of ether oxygens (including phenoxy) is 1. The zero-order chi connectivity index (χ0) is 17.3. The summed E-state index contributed by atoms with van der Waals surface area (Å²) in [6, 6.07) is 15.1. The molecular formula is C20H21NO3. The van der Waals surface area contributed by atoms with Crippen molar-refractivity contribution in [1.82, 2.24) is 0 Å². The summed E-state index contributed by atoms with van der Waals surface area (Å²) in [5.74, 6) is 0.614. The fraction of sp³-hybridized carbons (Fsp3) is 0.300. The molecule has 0 bridgehead atoms. The van der Waals surface area contributed by atoms with E-state index in [2.05, 4.69) is 0 Å². The molecule has 1 aliphatic heterocycles. The lowest BCUT2D eigenvalue weighted by Crippen LogP contribution is -2.48. The van der Waals surface area contributed by atoms with Gasteiger partial charge in [-0.15, -0.1) is 0 Å². The number of benzene rings is 2. The first-order chi connectivity index (χ1) is 11.5. The summed E-state index contributed by atoms with van der Waals surface area (Å²) in [6.07, 6.45) is -0.510. The molecule has 0 aromatic heterocycles. The Labute approximate surface area is 142 Å². The van der Waals surface area contributed by atoms with Gasteiger partial charge < -0.3 is 9.64 Å². The average Bonchev–Trinajstić information content (AvgIpc) is 2.57. The first kappa shape index (κ1) is 16.2. The molecule has 0 radical (unpaired) electrons. The van der Waals surface area contributed by atoms with Gasteiger partial charge in [0.05, 0.1) is 12.2 Å². The normalized spacial score (nSPS) is 16.8. The third-order valence-corrected chi connectivity index (χ3v) is 4.21. The third-order valence-electron chi connectivity index (χ3n) is 4.21. The molecule has 3 rings (SSSR count). The van der Waals surface area contributed by atoms with Gasteiger partial charge in [-0.1, -0.05) is 44.2 Å². The van der Waals surface area contributed by atoms with Crippen LogP contribution in [-0.2, 0) is 11.3 Å². The first-order valence-electron chi connectivity index (χ1n) is 8.14.